The van der Waals surface area contributed by atoms with E-state index in [9.17, 15) is 0 Å². The summed E-state index contributed by atoms with van der Waals surface area (Å²) in [5, 5.41) is 0. The van der Waals surface area contributed by atoms with Gasteiger partial charge in [-0.3, -0.25) is 4.90 Å². The molecule has 3 fully saturated rings. The zero-order valence-electron chi connectivity index (χ0n) is 14.5. The highest BCUT2D eigenvalue weighted by atomic mass is 16.5. The molecular formula is C19H29N3O2. The second-order valence-corrected chi connectivity index (χ2v) is 7.22. The average molecular weight is 331 g/mol. The summed E-state index contributed by atoms with van der Waals surface area (Å²) in [6.45, 7) is 6.07. The smallest absolute Gasteiger partial charge is 0.215 e. The zero-order valence-corrected chi connectivity index (χ0v) is 14.5. The Kier molecular flexibility index (Phi) is 5.18. The number of ether oxygens (including phenoxy) is 2. The fraction of sp³-hybridized carbons (Fsp3) is 0.737. The van der Waals surface area contributed by atoms with Gasteiger partial charge >= 0.3 is 0 Å². The van der Waals surface area contributed by atoms with Gasteiger partial charge < -0.3 is 14.4 Å². The SMILES string of the molecule is c1cc(OC2CCOCC2)nc(N2CCN(C3CCCC3)CC2)c1. The highest BCUT2D eigenvalue weighted by Gasteiger charge is 2.26. The lowest BCUT2D eigenvalue weighted by atomic mass is 10.1. The Balaban J connectivity index is 1.33. The van der Waals surface area contributed by atoms with E-state index in [1.54, 1.807) is 0 Å². The monoisotopic (exact) mass is 331 g/mol. The standard InChI is InChI=1S/C19H29N3O2/c1-2-5-16(4-1)21-10-12-22(13-11-21)18-6-3-7-19(20-18)24-17-8-14-23-15-9-17/h3,6-7,16-17H,1-2,4-5,8-15H2. The van der Waals surface area contributed by atoms with E-state index in [0.717, 1.165) is 70.0 Å². The van der Waals surface area contributed by atoms with Crippen molar-refractivity contribution in [1.29, 1.82) is 0 Å². The van der Waals surface area contributed by atoms with E-state index in [1.165, 1.54) is 25.7 Å². The minimum atomic E-state index is 0.251. The van der Waals surface area contributed by atoms with Crippen LogP contribution in [0.25, 0.3) is 0 Å². The van der Waals surface area contributed by atoms with Gasteiger partial charge in [-0.25, -0.2) is 0 Å². The van der Waals surface area contributed by atoms with Gasteiger partial charge in [0.25, 0.3) is 0 Å². The molecule has 5 heteroatoms. The van der Waals surface area contributed by atoms with Gasteiger partial charge in [0.05, 0.1) is 13.2 Å². The molecule has 1 aliphatic carbocycles. The van der Waals surface area contributed by atoms with Gasteiger partial charge in [-0.15, -0.1) is 0 Å². The first-order chi connectivity index (χ1) is 11.9. The molecule has 0 spiro atoms. The minimum absolute atomic E-state index is 0.251. The molecule has 0 amide bonds. The molecule has 3 heterocycles. The molecule has 2 saturated heterocycles. The van der Waals surface area contributed by atoms with Crippen molar-refractivity contribution < 1.29 is 9.47 Å². The van der Waals surface area contributed by atoms with Crippen LogP contribution in [0.3, 0.4) is 0 Å². The van der Waals surface area contributed by atoms with Crippen LogP contribution in [0.5, 0.6) is 5.88 Å². The second kappa shape index (κ2) is 7.70. The van der Waals surface area contributed by atoms with Crippen molar-refractivity contribution in [1.82, 2.24) is 9.88 Å². The molecule has 0 radical (unpaired) electrons. The molecule has 2 aliphatic heterocycles. The Morgan fingerprint density at radius 1 is 0.958 bits per heavy atom. The lowest BCUT2D eigenvalue weighted by molar-refractivity contribution is 0.0238. The maximum Gasteiger partial charge on any atom is 0.215 e. The first-order valence-corrected chi connectivity index (χ1v) is 9.59. The van der Waals surface area contributed by atoms with Crippen molar-refractivity contribution in [3.05, 3.63) is 18.2 Å². The van der Waals surface area contributed by atoms with E-state index >= 15 is 0 Å². The average Bonchev–Trinajstić information content (AvgIpc) is 3.18. The van der Waals surface area contributed by atoms with Crippen LogP contribution >= 0.6 is 0 Å². The first kappa shape index (κ1) is 16.2. The summed E-state index contributed by atoms with van der Waals surface area (Å²) in [6.07, 6.45) is 7.80. The van der Waals surface area contributed by atoms with E-state index in [1.807, 2.05) is 6.07 Å². The van der Waals surface area contributed by atoms with Crippen molar-refractivity contribution in [2.45, 2.75) is 50.7 Å². The molecule has 0 atom stereocenters. The van der Waals surface area contributed by atoms with Crippen LogP contribution < -0.4 is 9.64 Å². The Morgan fingerprint density at radius 3 is 2.46 bits per heavy atom. The van der Waals surface area contributed by atoms with Gasteiger partial charge in [-0.2, -0.15) is 4.98 Å². The van der Waals surface area contributed by atoms with Crippen LogP contribution in [0.1, 0.15) is 38.5 Å². The Bertz CT molecular complexity index is 519. The van der Waals surface area contributed by atoms with E-state index in [-0.39, 0.29) is 6.10 Å². The fourth-order valence-corrected chi connectivity index (χ4v) is 4.20. The van der Waals surface area contributed by atoms with E-state index in [2.05, 4.69) is 21.9 Å². The molecule has 1 aromatic rings. The summed E-state index contributed by atoms with van der Waals surface area (Å²) in [5.74, 6) is 1.82. The van der Waals surface area contributed by atoms with Gasteiger partial charge in [0.2, 0.25) is 5.88 Å². The number of piperazine rings is 1. The van der Waals surface area contributed by atoms with Gasteiger partial charge in [0, 0.05) is 51.1 Å². The normalized spacial score (nSPS) is 24.4. The van der Waals surface area contributed by atoms with Crippen molar-refractivity contribution in [2.24, 2.45) is 0 Å². The van der Waals surface area contributed by atoms with Crippen LogP contribution in [0, 0.1) is 0 Å². The largest absolute Gasteiger partial charge is 0.474 e. The first-order valence-electron chi connectivity index (χ1n) is 9.59. The van der Waals surface area contributed by atoms with Crippen molar-refractivity contribution in [3.8, 4) is 5.88 Å². The summed E-state index contributed by atoms with van der Waals surface area (Å²) >= 11 is 0. The predicted octanol–water partition coefficient (Wildman–Crippen LogP) is 2.70. The summed E-state index contributed by atoms with van der Waals surface area (Å²) in [5.41, 5.74) is 0. The number of hydrogen-bond donors (Lipinski definition) is 0. The van der Waals surface area contributed by atoms with Gasteiger partial charge in [-0.05, 0) is 18.9 Å². The number of nitrogens with zero attached hydrogens (tertiary/aromatic N) is 3. The molecule has 1 saturated carbocycles. The van der Waals surface area contributed by atoms with Crippen LogP contribution in [0.4, 0.5) is 5.82 Å². The van der Waals surface area contributed by atoms with Crippen LogP contribution in [0.15, 0.2) is 18.2 Å². The maximum absolute atomic E-state index is 6.06. The summed E-state index contributed by atoms with van der Waals surface area (Å²) in [6, 6.07) is 7.00. The Labute approximate surface area is 144 Å². The third kappa shape index (κ3) is 3.83. The molecule has 1 aromatic heterocycles. The highest BCUT2D eigenvalue weighted by molar-refractivity contribution is 5.41. The van der Waals surface area contributed by atoms with Crippen LogP contribution in [-0.4, -0.2) is 61.4 Å². The second-order valence-electron chi connectivity index (χ2n) is 7.22. The Morgan fingerprint density at radius 2 is 1.71 bits per heavy atom. The molecule has 0 bridgehead atoms. The topological polar surface area (TPSA) is 37.8 Å². The van der Waals surface area contributed by atoms with Crippen molar-refractivity contribution in [2.75, 3.05) is 44.3 Å². The number of anilines is 1. The van der Waals surface area contributed by atoms with E-state index in [4.69, 9.17) is 14.5 Å². The maximum atomic E-state index is 6.06. The fourth-order valence-electron chi connectivity index (χ4n) is 4.20. The van der Waals surface area contributed by atoms with Crippen LogP contribution in [0.2, 0.25) is 0 Å². The van der Waals surface area contributed by atoms with E-state index < -0.39 is 0 Å². The molecule has 24 heavy (non-hydrogen) atoms. The lowest BCUT2D eigenvalue weighted by Crippen LogP contribution is -2.50. The molecule has 0 unspecified atom stereocenters. The number of aromatic nitrogens is 1. The summed E-state index contributed by atoms with van der Waals surface area (Å²) < 4.78 is 11.5. The van der Waals surface area contributed by atoms with Gasteiger partial charge in [-0.1, -0.05) is 18.9 Å². The van der Waals surface area contributed by atoms with E-state index in [0.29, 0.717) is 0 Å². The third-order valence-electron chi connectivity index (χ3n) is 5.64. The molecule has 4 rings (SSSR count). The number of pyridine rings is 1. The molecule has 5 nitrogen and oxygen atoms in total. The van der Waals surface area contributed by atoms with Gasteiger partial charge in [0.15, 0.2) is 0 Å². The quantitative estimate of drug-likeness (QED) is 0.848. The molecule has 0 aromatic carbocycles. The number of rotatable bonds is 4. The van der Waals surface area contributed by atoms with Crippen molar-refractivity contribution in [3.63, 3.8) is 0 Å². The van der Waals surface area contributed by atoms with Crippen molar-refractivity contribution >= 4 is 5.82 Å². The minimum Gasteiger partial charge on any atom is -0.474 e. The summed E-state index contributed by atoms with van der Waals surface area (Å²) in [4.78, 5) is 9.85. The van der Waals surface area contributed by atoms with Crippen LogP contribution in [-0.2, 0) is 4.74 Å². The Hall–Kier alpha value is -1.33. The van der Waals surface area contributed by atoms with Gasteiger partial charge in [0.1, 0.15) is 11.9 Å². The summed E-state index contributed by atoms with van der Waals surface area (Å²) in [7, 11) is 0. The third-order valence-corrected chi connectivity index (χ3v) is 5.64. The molecule has 132 valence electrons. The predicted molar refractivity (Wildman–Crippen MR) is 94.7 cm³/mol. The molecule has 0 N–H and O–H groups in total. The lowest BCUT2D eigenvalue weighted by Gasteiger charge is -2.38. The number of hydrogen-bond acceptors (Lipinski definition) is 5. The molecule has 3 aliphatic rings. The highest BCUT2D eigenvalue weighted by Crippen LogP contribution is 2.26. The zero-order chi connectivity index (χ0) is 16.2. The molecular weight excluding hydrogens is 302 g/mol.